The van der Waals surface area contributed by atoms with Crippen molar-refractivity contribution in [3.8, 4) is 17.2 Å². The molecule has 0 spiro atoms. The van der Waals surface area contributed by atoms with E-state index in [1.165, 1.54) is 19.3 Å². The van der Waals surface area contributed by atoms with Crippen LogP contribution in [0.5, 0.6) is 5.75 Å². The van der Waals surface area contributed by atoms with Crippen LogP contribution in [0.1, 0.15) is 29.9 Å². The van der Waals surface area contributed by atoms with Gasteiger partial charge < -0.3 is 14.4 Å². The van der Waals surface area contributed by atoms with Crippen molar-refractivity contribution in [3.63, 3.8) is 0 Å². The minimum Gasteiger partial charge on any atom is -0.503 e. The Morgan fingerprint density at radius 3 is 2.74 bits per heavy atom. The molecule has 1 aromatic carbocycles. The molecule has 2 unspecified atom stereocenters. The third kappa shape index (κ3) is 3.96. The summed E-state index contributed by atoms with van der Waals surface area (Å²) in [6.45, 7) is 2.07. The second-order valence-corrected chi connectivity index (χ2v) is 6.35. The van der Waals surface area contributed by atoms with E-state index in [4.69, 9.17) is 9.84 Å². The fourth-order valence-corrected chi connectivity index (χ4v) is 3.26. The van der Waals surface area contributed by atoms with E-state index in [2.05, 4.69) is 26.6 Å². The minimum atomic E-state index is -1.72. The molecule has 7 nitrogen and oxygen atoms in total. The number of fused-ring (bicyclic) bond motifs is 1. The average molecular weight is 385 g/mol. The van der Waals surface area contributed by atoms with Gasteiger partial charge in [-0.2, -0.15) is 9.37 Å². The van der Waals surface area contributed by atoms with Crippen LogP contribution in [0.15, 0.2) is 10.6 Å². The molecule has 1 N–H and O–H groups in total. The maximum atomic E-state index is 13.4. The van der Waals surface area contributed by atoms with Crippen molar-refractivity contribution in [1.29, 1.82) is 0 Å². The number of aldehydes is 1. The van der Waals surface area contributed by atoms with E-state index in [1.54, 1.807) is 0 Å². The third-order valence-electron chi connectivity index (χ3n) is 4.67. The normalized spacial score (nSPS) is 22.1. The summed E-state index contributed by atoms with van der Waals surface area (Å²) in [5.74, 6) is -7.08. The maximum absolute atomic E-state index is 13.4. The molecule has 1 aliphatic carbocycles. The molecule has 1 aromatic heterocycles. The van der Waals surface area contributed by atoms with Gasteiger partial charge in [-0.05, 0) is 32.4 Å². The highest BCUT2D eigenvalue weighted by Gasteiger charge is 2.33. The lowest BCUT2D eigenvalue weighted by Crippen LogP contribution is -2.45. The highest BCUT2D eigenvalue weighted by Crippen LogP contribution is 2.31. The van der Waals surface area contributed by atoms with E-state index in [0.29, 0.717) is 12.2 Å². The van der Waals surface area contributed by atoms with Crippen molar-refractivity contribution in [2.24, 2.45) is 0 Å². The molecule has 2 heterocycles. The number of morpholine rings is 1. The number of halogens is 3. The van der Waals surface area contributed by atoms with E-state index in [-0.39, 0.29) is 12.1 Å². The summed E-state index contributed by atoms with van der Waals surface area (Å²) in [5.41, 5.74) is -0.637. The van der Waals surface area contributed by atoms with E-state index in [0.717, 1.165) is 19.2 Å². The Balaban J connectivity index is 0.000000177. The first-order valence-electron chi connectivity index (χ1n) is 8.40. The molecule has 1 saturated carbocycles. The largest absolute Gasteiger partial charge is 0.503 e. The van der Waals surface area contributed by atoms with Crippen molar-refractivity contribution in [1.82, 2.24) is 15.0 Å². The number of ether oxygens (including phenoxy) is 1. The number of aromatic nitrogens is 2. The quantitative estimate of drug-likeness (QED) is 0.628. The molecule has 4 rings (SSSR count). The van der Waals surface area contributed by atoms with Gasteiger partial charge in [-0.25, -0.2) is 8.78 Å². The molecule has 27 heavy (non-hydrogen) atoms. The smallest absolute Gasteiger partial charge is 0.261 e. The van der Waals surface area contributed by atoms with Crippen LogP contribution in [0.3, 0.4) is 0 Å². The molecule has 0 bridgehead atoms. The van der Waals surface area contributed by atoms with E-state index < -0.39 is 34.7 Å². The predicted molar refractivity (Wildman–Crippen MR) is 86.7 cm³/mol. The molecular formula is C17H18F3N3O4. The van der Waals surface area contributed by atoms with Gasteiger partial charge in [0.2, 0.25) is 11.6 Å². The molecule has 2 aromatic rings. The number of likely N-dealkylation sites (N-methyl/N-ethyl adjacent to an activating group) is 1. The van der Waals surface area contributed by atoms with Gasteiger partial charge in [0.15, 0.2) is 23.7 Å². The van der Waals surface area contributed by atoms with Gasteiger partial charge in [-0.15, -0.1) is 0 Å². The van der Waals surface area contributed by atoms with Gasteiger partial charge in [-0.1, -0.05) is 5.16 Å². The summed E-state index contributed by atoms with van der Waals surface area (Å²) >= 11 is 0. The second kappa shape index (κ2) is 8.05. The van der Waals surface area contributed by atoms with E-state index >= 15 is 0 Å². The zero-order valence-corrected chi connectivity index (χ0v) is 14.5. The molecule has 2 atom stereocenters. The Morgan fingerprint density at radius 1 is 1.30 bits per heavy atom. The highest BCUT2D eigenvalue weighted by atomic mass is 19.2. The number of carbonyl (C=O) groups is 1. The molecule has 2 aliphatic rings. The number of carbonyl (C=O) groups excluding carboxylic acids is 1. The number of phenolic OH excluding ortho intramolecular Hbond substituents is 1. The van der Waals surface area contributed by atoms with Crippen LogP contribution in [-0.2, 0) is 4.74 Å². The number of hydrogen-bond donors (Lipinski definition) is 1. The van der Waals surface area contributed by atoms with E-state index in [1.807, 2.05) is 0 Å². The van der Waals surface area contributed by atoms with Crippen LogP contribution in [-0.4, -0.2) is 58.8 Å². The molecule has 10 heteroatoms. The van der Waals surface area contributed by atoms with Crippen molar-refractivity contribution in [2.45, 2.75) is 31.4 Å². The van der Waals surface area contributed by atoms with Gasteiger partial charge >= 0.3 is 0 Å². The van der Waals surface area contributed by atoms with Gasteiger partial charge in [-0.3, -0.25) is 9.69 Å². The summed E-state index contributed by atoms with van der Waals surface area (Å²) in [7, 11) is 2.21. The van der Waals surface area contributed by atoms with Gasteiger partial charge in [0.05, 0.1) is 18.3 Å². The fourth-order valence-electron chi connectivity index (χ4n) is 3.26. The Bertz CT molecular complexity index is 830. The van der Waals surface area contributed by atoms with E-state index in [9.17, 15) is 18.0 Å². The number of nitrogens with zero attached hydrogens (tertiary/aromatic N) is 3. The lowest BCUT2D eigenvalue weighted by atomic mass is 10.1. The predicted octanol–water partition coefficient (Wildman–Crippen LogP) is 2.54. The number of phenols is 1. The summed E-state index contributed by atoms with van der Waals surface area (Å²) in [5, 5.41) is 12.1. The van der Waals surface area contributed by atoms with Gasteiger partial charge in [0, 0.05) is 12.6 Å². The number of benzene rings is 1. The summed E-state index contributed by atoms with van der Waals surface area (Å²) in [6, 6.07) is 1.18. The Labute approximate surface area is 152 Å². The van der Waals surface area contributed by atoms with Crippen LogP contribution in [0.25, 0.3) is 11.5 Å². The van der Waals surface area contributed by atoms with Gasteiger partial charge in [0.1, 0.15) is 0 Å². The maximum Gasteiger partial charge on any atom is 0.261 e. The molecule has 1 saturated heterocycles. The first-order chi connectivity index (χ1) is 12.9. The van der Waals surface area contributed by atoms with Crippen molar-refractivity contribution in [3.05, 3.63) is 29.3 Å². The van der Waals surface area contributed by atoms with Crippen LogP contribution in [0.4, 0.5) is 13.2 Å². The zero-order valence-electron chi connectivity index (χ0n) is 14.5. The number of aromatic hydroxyl groups is 1. The Morgan fingerprint density at radius 2 is 2.07 bits per heavy atom. The van der Waals surface area contributed by atoms with Crippen molar-refractivity contribution in [2.75, 3.05) is 20.2 Å². The summed E-state index contributed by atoms with van der Waals surface area (Å²) in [4.78, 5) is 16.1. The highest BCUT2D eigenvalue weighted by molar-refractivity contribution is 5.70. The lowest BCUT2D eigenvalue weighted by Gasteiger charge is -2.34. The standard InChI is InChI=1S/C9H3F3N2O3.C8H15NO/c10-4-1-3(6(11)8(16)7(4)12)9-13-5(2-15)14-17-9;1-9-5-6-10-8-4-2-3-7(8)9/h1-2,16H;7-8H,2-6H2,1H3. The van der Waals surface area contributed by atoms with Crippen molar-refractivity contribution < 1.29 is 32.3 Å². The second-order valence-electron chi connectivity index (χ2n) is 6.35. The van der Waals surface area contributed by atoms with Crippen LogP contribution >= 0.6 is 0 Å². The zero-order chi connectivity index (χ0) is 19.6. The minimum absolute atomic E-state index is 0.227. The topological polar surface area (TPSA) is 88.7 Å². The first-order valence-corrected chi connectivity index (χ1v) is 8.40. The molecule has 0 radical (unpaired) electrons. The number of rotatable bonds is 2. The third-order valence-corrected chi connectivity index (χ3v) is 4.67. The van der Waals surface area contributed by atoms with Gasteiger partial charge in [0.25, 0.3) is 5.89 Å². The Hall–Kier alpha value is -2.46. The van der Waals surface area contributed by atoms with Crippen LogP contribution < -0.4 is 0 Å². The SMILES string of the molecule is CN1CCOC2CCCC21.O=Cc1noc(-c2cc(F)c(F)c(O)c2F)n1. The fraction of sp³-hybridized carbons (Fsp3) is 0.471. The molecule has 1 aliphatic heterocycles. The lowest BCUT2D eigenvalue weighted by molar-refractivity contribution is -0.0453. The van der Waals surface area contributed by atoms with Crippen LogP contribution in [0, 0.1) is 17.5 Å². The Kier molecular flexibility index (Phi) is 5.76. The molecule has 146 valence electrons. The monoisotopic (exact) mass is 385 g/mol. The van der Waals surface area contributed by atoms with Crippen molar-refractivity contribution >= 4 is 6.29 Å². The molecule has 0 amide bonds. The molecular weight excluding hydrogens is 367 g/mol. The van der Waals surface area contributed by atoms with Crippen LogP contribution in [0.2, 0.25) is 0 Å². The number of hydrogen-bond acceptors (Lipinski definition) is 7. The summed E-state index contributed by atoms with van der Waals surface area (Å²) < 4.78 is 49.1. The molecule has 2 fully saturated rings. The first kappa shape index (κ1) is 19.3. The average Bonchev–Trinajstić information content (AvgIpc) is 3.33. The summed E-state index contributed by atoms with van der Waals surface area (Å²) in [6.07, 6.45) is 4.79.